The fourth-order valence-electron chi connectivity index (χ4n) is 2.05. The minimum absolute atomic E-state index is 0.698. The Balaban J connectivity index is 1.58. The van der Waals surface area contributed by atoms with Crippen LogP contribution in [0, 0.1) is 0 Å². The van der Waals surface area contributed by atoms with Crippen molar-refractivity contribution < 1.29 is 4.42 Å². The molecule has 0 aliphatic carbocycles. The molecule has 20 heavy (non-hydrogen) atoms. The molecule has 0 saturated heterocycles. The standard InChI is InChI=1S/C17H16N2O/c1-2-6-14(7-3-1)17-10-9-16(20-17)13-18-12-15-8-4-5-11-19-15/h1-11,18H,12-13H2. The number of nitrogens with zero attached hydrogens (tertiary/aromatic N) is 1. The van der Waals surface area contributed by atoms with E-state index in [-0.39, 0.29) is 0 Å². The van der Waals surface area contributed by atoms with Gasteiger partial charge >= 0.3 is 0 Å². The van der Waals surface area contributed by atoms with Gasteiger partial charge in [0.25, 0.3) is 0 Å². The van der Waals surface area contributed by atoms with Crippen LogP contribution in [-0.4, -0.2) is 4.98 Å². The summed E-state index contributed by atoms with van der Waals surface area (Å²) in [5.41, 5.74) is 2.13. The molecule has 0 fully saturated rings. The summed E-state index contributed by atoms with van der Waals surface area (Å²) in [6.45, 7) is 1.44. The Labute approximate surface area is 118 Å². The van der Waals surface area contributed by atoms with Gasteiger partial charge in [-0.3, -0.25) is 4.98 Å². The van der Waals surface area contributed by atoms with Crippen LogP contribution in [0.4, 0.5) is 0 Å². The molecule has 0 amide bonds. The maximum atomic E-state index is 5.82. The summed E-state index contributed by atoms with van der Waals surface area (Å²) < 4.78 is 5.82. The van der Waals surface area contributed by atoms with E-state index in [4.69, 9.17) is 4.42 Å². The van der Waals surface area contributed by atoms with Crippen molar-refractivity contribution in [2.75, 3.05) is 0 Å². The Hall–Kier alpha value is -2.39. The number of nitrogens with one attached hydrogen (secondary N) is 1. The zero-order valence-corrected chi connectivity index (χ0v) is 11.1. The first-order chi connectivity index (χ1) is 9.92. The van der Waals surface area contributed by atoms with Gasteiger partial charge in [-0.1, -0.05) is 36.4 Å². The number of hydrogen-bond donors (Lipinski definition) is 1. The van der Waals surface area contributed by atoms with Crippen molar-refractivity contribution in [3.8, 4) is 11.3 Å². The second-order valence-electron chi connectivity index (χ2n) is 4.56. The van der Waals surface area contributed by atoms with E-state index in [9.17, 15) is 0 Å². The van der Waals surface area contributed by atoms with Gasteiger partial charge in [-0.25, -0.2) is 0 Å². The van der Waals surface area contributed by atoms with E-state index in [0.29, 0.717) is 6.54 Å². The predicted octanol–water partition coefficient (Wildman–Crippen LogP) is 3.63. The SMILES string of the molecule is c1ccc(-c2ccc(CNCc3ccccn3)o2)cc1. The number of benzene rings is 1. The fourth-order valence-corrected chi connectivity index (χ4v) is 2.05. The smallest absolute Gasteiger partial charge is 0.134 e. The van der Waals surface area contributed by atoms with Crippen LogP contribution >= 0.6 is 0 Å². The first kappa shape index (κ1) is 12.6. The molecule has 3 aromatic rings. The molecule has 0 aliphatic rings. The molecule has 2 aromatic heterocycles. The second kappa shape index (κ2) is 6.17. The Morgan fingerprint density at radius 1 is 0.850 bits per heavy atom. The van der Waals surface area contributed by atoms with Gasteiger partial charge in [-0.2, -0.15) is 0 Å². The Morgan fingerprint density at radius 3 is 2.50 bits per heavy atom. The van der Waals surface area contributed by atoms with Crippen molar-refractivity contribution in [1.82, 2.24) is 10.3 Å². The highest BCUT2D eigenvalue weighted by Crippen LogP contribution is 2.21. The summed E-state index contributed by atoms with van der Waals surface area (Å²) in [6.07, 6.45) is 1.80. The van der Waals surface area contributed by atoms with Crippen LogP contribution in [0.1, 0.15) is 11.5 Å². The van der Waals surface area contributed by atoms with Crippen molar-refractivity contribution >= 4 is 0 Å². The first-order valence-electron chi connectivity index (χ1n) is 6.66. The van der Waals surface area contributed by atoms with E-state index in [1.807, 2.05) is 60.7 Å². The zero-order chi connectivity index (χ0) is 13.6. The third-order valence-corrected chi connectivity index (χ3v) is 3.05. The van der Waals surface area contributed by atoms with E-state index in [0.717, 1.165) is 29.3 Å². The largest absolute Gasteiger partial charge is 0.460 e. The Kier molecular flexibility index (Phi) is 3.90. The zero-order valence-electron chi connectivity index (χ0n) is 11.1. The highest BCUT2D eigenvalue weighted by molar-refractivity contribution is 5.57. The minimum Gasteiger partial charge on any atom is -0.460 e. The van der Waals surface area contributed by atoms with E-state index in [2.05, 4.69) is 10.3 Å². The molecule has 100 valence electrons. The monoisotopic (exact) mass is 264 g/mol. The molecular formula is C17H16N2O. The Morgan fingerprint density at radius 2 is 1.70 bits per heavy atom. The van der Waals surface area contributed by atoms with Gasteiger partial charge in [0.1, 0.15) is 11.5 Å². The number of pyridine rings is 1. The van der Waals surface area contributed by atoms with Crippen molar-refractivity contribution in [3.05, 3.63) is 78.3 Å². The third kappa shape index (κ3) is 3.13. The molecule has 3 nitrogen and oxygen atoms in total. The maximum absolute atomic E-state index is 5.82. The molecule has 0 spiro atoms. The highest BCUT2D eigenvalue weighted by Gasteiger charge is 2.04. The van der Waals surface area contributed by atoms with Gasteiger partial charge in [0.05, 0.1) is 12.2 Å². The first-order valence-corrected chi connectivity index (χ1v) is 6.66. The van der Waals surface area contributed by atoms with Gasteiger partial charge in [0, 0.05) is 18.3 Å². The Bertz CT molecular complexity index is 647. The summed E-state index contributed by atoms with van der Waals surface area (Å²) >= 11 is 0. The van der Waals surface area contributed by atoms with Gasteiger partial charge in [0.15, 0.2) is 0 Å². The normalized spacial score (nSPS) is 10.6. The van der Waals surface area contributed by atoms with Crippen LogP contribution < -0.4 is 5.32 Å². The number of hydrogen-bond acceptors (Lipinski definition) is 3. The summed E-state index contributed by atoms with van der Waals surface area (Å²) in [4.78, 5) is 4.27. The molecule has 0 unspecified atom stereocenters. The van der Waals surface area contributed by atoms with E-state index in [1.54, 1.807) is 6.20 Å². The fraction of sp³-hybridized carbons (Fsp3) is 0.118. The molecule has 0 aliphatic heterocycles. The van der Waals surface area contributed by atoms with Gasteiger partial charge in [0.2, 0.25) is 0 Å². The van der Waals surface area contributed by atoms with Gasteiger partial charge in [-0.05, 0) is 24.3 Å². The third-order valence-electron chi connectivity index (χ3n) is 3.05. The van der Waals surface area contributed by atoms with Crippen LogP contribution in [0.25, 0.3) is 11.3 Å². The average Bonchev–Trinajstić information content (AvgIpc) is 2.98. The molecule has 3 heteroatoms. The van der Waals surface area contributed by atoms with Crippen LogP contribution in [0.3, 0.4) is 0 Å². The molecule has 0 bridgehead atoms. The predicted molar refractivity (Wildman–Crippen MR) is 78.9 cm³/mol. The van der Waals surface area contributed by atoms with Crippen LogP contribution in [0.2, 0.25) is 0 Å². The molecule has 2 heterocycles. The number of rotatable bonds is 5. The summed E-state index contributed by atoms with van der Waals surface area (Å²) in [6, 6.07) is 20.0. The van der Waals surface area contributed by atoms with Gasteiger partial charge in [-0.15, -0.1) is 0 Å². The molecular weight excluding hydrogens is 248 g/mol. The quantitative estimate of drug-likeness (QED) is 0.764. The summed E-state index contributed by atoms with van der Waals surface area (Å²) in [5, 5.41) is 3.33. The van der Waals surface area contributed by atoms with Crippen LogP contribution in [0.15, 0.2) is 71.3 Å². The van der Waals surface area contributed by atoms with E-state index >= 15 is 0 Å². The summed E-state index contributed by atoms with van der Waals surface area (Å²) in [5.74, 6) is 1.83. The number of aromatic nitrogens is 1. The molecule has 1 N–H and O–H groups in total. The second-order valence-corrected chi connectivity index (χ2v) is 4.56. The van der Waals surface area contributed by atoms with Crippen molar-refractivity contribution in [2.45, 2.75) is 13.1 Å². The van der Waals surface area contributed by atoms with Crippen LogP contribution in [0.5, 0.6) is 0 Å². The summed E-state index contributed by atoms with van der Waals surface area (Å²) in [7, 11) is 0. The maximum Gasteiger partial charge on any atom is 0.134 e. The van der Waals surface area contributed by atoms with E-state index < -0.39 is 0 Å². The van der Waals surface area contributed by atoms with Crippen molar-refractivity contribution in [3.63, 3.8) is 0 Å². The van der Waals surface area contributed by atoms with Crippen molar-refractivity contribution in [1.29, 1.82) is 0 Å². The lowest BCUT2D eigenvalue weighted by molar-refractivity contribution is 0.492. The molecule has 0 radical (unpaired) electrons. The highest BCUT2D eigenvalue weighted by atomic mass is 16.3. The lowest BCUT2D eigenvalue weighted by Crippen LogP contribution is -2.12. The lowest BCUT2D eigenvalue weighted by atomic mass is 10.2. The van der Waals surface area contributed by atoms with Crippen LogP contribution in [-0.2, 0) is 13.1 Å². The average molecular weight is 264 g/mol. The van der Waals surface area contributed by atoms with Gasteiger partial charge < -0.3 is 9.73 Å². The minimum atomic E-state index is 0.698. The van der Waals surface area contributed by atoms with E-state index in [1.165, 1.54) is 0 Å². The number of furan rings is 1. The molecule has 1 aromatic carbocycles. The molecule has 0 saturated carbocycles. The molecule has 0 atom stereocenters. The molecule has 3 rings (SSSR count). The lowest BCUT2D eigenvalue weighted by Gasteiger charge is -2.02. The van der Waals surface area contributed by atoms with Crippen molar-refractivity contribution in [2.24, 2.45) is 0 Å². The topological polar surface area (TPSA) is 38.1 Å².